The van der Waals surface area contributed by atoms with E-state index in [1.165, 1.54) is 24.0 Å². The number of carbonyl (C=O) groups excluding carboxylic acids is 2. The zero-order valence-corrected chi connectivity index (χ0v) is 17.5. The van der Waals surface area contributed by atoms with E-state index >= 15 is 0 Å². The quantitative estimate of drug-likeness (QED) is 0.701. The molecule has 2 heterocycles. The van der Waals surface area contributed by atoms with E-state index in [1.54, 1.807) is 39.0 Å². The predicted octanol–water partition coefficient (Wildman–Crippen LogP) is 4.01. The topological polar surface area (TPSA) is 78.0 Å². The molecule has 0 saturated carbocycles. The van der Waals surface area contributed by atoms with E-state index in [4.69, 9.17) is 14.2 Å². The van der Waals surface area contributed by atoms with E-state index < -0.39 is 17.7 Å². The van der Waals surface area contributed by atoms with Crippen LogP contribution in [0.4, 0.5) is 14.9 Å². The van der Waals surface area contributed by atoms with Gasteiger partial charge in [0.1, 0.15) is 30.3 Å². The number of anilines is 1. The smallest absolute Gasteiger partial charge is 0.415 e. The van der Waals surface area contributed by atoms with Gasteiger partial charge in [-0.25, -0.2) is 14.2 Å². The van der Waals surface area contributed by atoms with Crippen molar-refractivity contribution in [2.75, 3.05) is 18.1 Å². The van der Waals surface area contributed by atoms with Gasteiger partial charge in [0, 0.05) is 6.92 Å². The number of rotatable bonds is 4. The lowest BCUT2D eigenvalue weighted by Gasteiger charge is -2.31. The number of amides is 1. The molecule has 1 amide bonds. The van der Waals surface area contributed by atoms with Gasteiger partial charge in [-0.3, -0.25) is 9.69 Å². The molecule has 8 heteroatoms. The average molecular weight is 416 g/mol. The number of nitrogens with zero attached hydrogens (tertiary/aromatic N) is 2. The number of hydrogen-bond acceptors (Lipinski definition) is 6. The molecular formula is C22H25FN2O5. The van der Waals surface area contributed by atoms with Gasteiger partial charge in [0.15, 0.2) is 0 Å². The summed E-state index contributed by atoms with van der Waals surface area (Å²) in [4.78, 5) is 30.0. The van der Waals surface area contributed by atoms with Gasteiger partial charge in [-0.05, 0) is 56.5 Å². The number of hydrogen-bond donors (Lipinski definition) is 0. The van der Waals surface area contributed by atoms with Crippen LogP contribution in [0.15, 0.2) is 30.3 Å². The predicted molar refractivity (Wildman–Crippen MR) is 108 cm³/mol. The summed E-state index contributed by atoms with van der Waals surface area (Å²) in [5, 5.41) is 0. The molecule has 0 unspecified atom stereocenters. The number of carbonyl (C=O) groups is 2. The third kappa shape index (κ3) is 5.46. The number of halogens is 1. The first-order valence-corrected chi connectivity index (χ1v) is 9.66. The first-order chi connectivity index (χ1) is 14.1. The summed E-state index contributed by atoms with van der Waals surface area (Å²) in [5.41, 5.74) is 1.94. The van der Waals surface area contributed by atoms with E-state index in [2.05, 4.69) is 4.98 Å². The third-order valence-corrected chi connectivity index (χ3v) is 4.32. The summed E-state index contributed by atoms with van der Waals surface area (Å²) in [6.07, 6.45) is -0.0754. The van der Waals surface area contributed by atoms with Crippen LogP contribution in [0.2, 0.25) is 0 Å². The Morgan fingerprint density at radius 2 is 1.93 bits per heavy atom. The lowest BCUT2D eigenvalue weighted by Crippen LogP contribution is -2.41. The highest BCUT2D eigenvalue weighted by atomic mass is 19.1. The molecule has 0 fully saturated rings. The molecule has 0 atom stereocenters. The minimum Gasteiger partial charge on any atom is -0.474 e. The van der Waals surface area contributed by atoms with E-state index in [0.29, 0.717) is 24.3 Å². The average Bonchev–Trinajstić information content (AvgIpc) is 2.66. The Bertz CT molecular complexity index is 938. The zero-order valence-electron chi connectivity index (χ0n) is 17.5. The van der Waals surface area contributed by atoms with E-state index in [0.717, 1.165) is 11.1 Å². The highest BCUT2D eigenvalue weighted by Crippen LogP contribution is 2.34. The number of aromatic nitrogens is 1. The highest BCUT2D eigenvalue weighted by molar-refractivity contribution is 5.90. The minimum absolute atomic E-state index is 0.0328. The summed E-state index contributed by atoms with van der Waals surface area (Å²) >= 11 is 0. The van der Waals surface area contributed by atoms with Gasteiger partial charge < -0.3 is 14.2 Å². The van der Waals surface area contributed by atoms with E-state index in [-0.39, 0.29) is 24.9 Å². The Hall–Kier alpha value is -3.16. The Kier molecular flexibility index (Phi) is 6.24. The van der Waals surface area contributed by atoms with Crippen molar-refractivity contribution in [1.29, 1.82) is 0 Å². The van der Waals surface area contributed by atoms with Gasteiger partial charge in [0.2, 0.25) is 5.88 Å². The van der Waals surface area contributed by atoms with Crippen molar-refractivity contribution < 1.29 is 28.2 Å². The second kappa shape index (κ2) is 8.69. The fraction of sp³-hybridized carbons (Fsp3) is 0.409. The van der Waals surface area contributed by atoms with Gasteiger partial charge >= 0.3 is 12.1 Å². The van der Waals surface area contributed by atoms with Gasteiger partial charge in [-0.1, -0.05) is 12.1 Å². The molecule has 0 aliphatic carbocycles. The van der Waals surface area contributed by atoms with E-state index in [1.807, 2.05) is 0 Å². The van der Waals surface area contributed by atoms with Crippen LogP contribution in [-0.4, -0.2) is 35.8 Å². The Morgan fingerprint density at radius 3 is 2.57 bits per heavy atom. The molecule has 30 heavy (non-hydrogen) atoms. The number of esters is 1. The van der Waals surface area contributed by atoms with Crippen LogP contribution in [-0.2, 0) is 27.3 Å². The Morgan fingerprint density at radius 1 is 1.23 bits per heavy atom. The van der Waals surface area contributed by atoms with Crippen molar-refractivity contribution in [3.63, 3.8) is 0 Å². The molecule has 1 aliphatic rings. The van der Waals surface area contributed by atoms with Crippen LogP contribution in [0.1, 0.15) is 44.5 Å². The molecule has 0 saturated heterocycles. The fourth-order valence-electron chi connectivity index (χ4n) is 2.99. The second-order valence-electron chi connectivity index (χ2n) is 7.98. The first kappa shape index (κ1) is 21.5. The van der Waals surface area contributed by atoms with Crippen molar-refractivity contribution in [2.45, 2.75) is 46.3 Å². The number of pyridine rings is 1. The fourth-order valence-corrected chi connectivity index (χ4v) is 2.99. The van der Waals surface area contributed by atoms with Crippen molar-refractivity contribution >= 4 is 17.7 Å². The molecule has 0 spiro atoms. The summed E-state index contributed by atoms with van der Waals surface area (Å²) in [6, 6.07) is 7.89. The third-order valence-electron chi connectivity index (χ3n) is 4.32. The van der Waals surface area contributed by atoms with E-state index in [9.17, 15) is 14.0 Å². The monoisotopic (exact) mass is 416 g/mol. The van der Waals surface area contributed by atoms with Crippen molar-refractivity contribution in [3.8, 4) is 5.88 Å². The van der Waals surface area contributed by atoms with Gasteiger partial charge in [0.25, 0.3) is 0 Å². The van der Waals surface area contributed by atoms with Crippen molar-refractivity contribution in [1.82, 2.24) is 4.98 Å². The molecule has 1 aromatic carbocycles. The maximum Gasteiger partial charge on any atom is 0.415 e. The van der Waals surface area contributed by atoms with Crippen LogP contribution >= 0.6 is 0 Å². The van der Waals surface area contributed by atoms with Crippen LogP contribution in [0.25, 0.3) is 0 Å². The van der Waals surface area contributed by atoms with Gasteiger partial charge in [-0.2, -0.15) is 0 Å². The van der Waals surface area contributed by atoms with Crippen molar-refractivity contribution in [3.05, 3.63) is 53.0 Å². The maximum absolute atomic E-state index is 13.3. The summed E-state index contributed by atoms with van der Waals surface area (Å²) in [5.74, 6) is -0.484. The summed E-state index contributed by atoms with van der Waals surface area (Å²) in [6.45, 7) is 7.27. The molecule has 0 N–H and O–H groups in total. The highest BCUT2D eigenvalue weighted by Gasteiger charge is 2.30. The lowest BCUT2D eigenvalue weighted by atomic mass is 10.0. The van der Waals surface area contributed by atoms with Gasteiger partial charge in [-0.15, -0.1) is 0 Å². The normalized spacial score (nSPS) is 13.3. The standard InChI is InChI=1S/C22H25FN2O5/c1-14(26)29-13-18-16(11-15-5-7-17(23)8-6-15)12-19-20(24-18)28-10-9-25(19)21(27)30-22(2,3)4/h5-8,12H,9-11,13H2,1-4H3. The molecule has 0 radical (unpaired) electrons. The number of fused-ring (bicyclic) bond motifs is 1. The van der Waals surface area contributed by atoms with Gasteiger partial charge in [0.05, 0.1) is 12.2 Å². The SMILES string of the molecule is CC(=O)OCc1nc2c(cc1Cc1ccc(F)cc1)N(C(=O)OC(C)(C)C)CCO2. The van der Waals surface area contributed by atoms with Crippen LogP contribution in [0.5, 0.6) is 5.88 Å². The molecule has 1 aliphatic heterocycles. The van der Waals surface area contributed by atoms with Crippen LogP contribution < -0.4 is 9.64 Å². The maximum atomic E-state index is 13.3. The zero-order chi connectivity index (χ0) is 21.9. The second-order valence-corrected chi connectivity index (χ2v) is 7.98. The molecular weight excluding hydrogens is 391 g/mol. The van der Waals surface area contributed by atoms with Crippen molar-refractivity contribution in [2.24, 2.45) is 0 Å². The summed E-state index contributed by atoms with van der Waals surface area (Å²) in [7, 11) is 0. The summed E-state index contributed by atoms with van der Waals surface area (Å²) < 4.78 is 29.6. The minimum atomic E-state index is -0.644. The number of ether oxygens (including phenoxy) is 3. The number of benzene rings is 1. The van der Waals surface area contributed by atoms with Crippen LogP contribution in [0.3, 0.4) is 0 Å². The Balaban J connectivity index is 1.98. The molecule has 3 rings (SSSR count). The molecule has 1 aromatic heterocycles. The molecule has 7 nitrogen and oxygen atoms in total. The molecule has 160 valence electrons. The van der Waals surface area contributed by atoms with Crippen LogP contribution in [0, 0.1) is 5.82 Å². The molecule has 0 bridgehead atoms. The lowest BCUT2D eigenvalue weighted by molar-refractivity contribution is -0.142. The largest absolute Gasteiger partial charge is 0.474 e. The first-order valence-electron chi connectivity index (χ1n) is 9.66. The Labute approximate surface area is 174 Å². The molecule has 2 aromatic rings.